The minimum Gasteiger partial charge on any atom is -0.444 e. The quantitative estimate of drug-likeness (QED) is 0.240. The zero-order chi connectivity index (χ0) is 28.8. The Balaban J connectivity index is -0.000000547. The van der Waals surface area contributed by atoms with Crippen molar-refractivity contribution in [1.29, 1.82) is 0 Å². The van der Waals surface area contributed by atoms with Gasteiger partial charge in [0.2, 0.25) is 0 Å². The molecule has 0 unspecified atom stereocenters. The molecule has 0 heterocycles. The molecule has 0 fully saturated rings. The molecule has 0 aliphatic rings. The lowest BCUT2D eigenvalue weighted by atomic mass is 9.87. The molecule has 2 atom stereocenters. The molecule has 0 aromatic rings. The van der Waals surface area contributed by atoms with E-state index >= 15 is 0 Å². The van der Waals surface area contributed by atoms with Gasteiger partial charge in [0.1, 0.15) is 11.2 Å². The normalized spacial score (nSPS) is 13.7. The number of ether oxygens (including phenoxy) is 2. The summed E-state index contributed by atoms with van der Waals surface area (Å²) in [6, 6.07) is 0.430. The van der Waals surface area contributed by atoms with Crippen LogP contribution in [-0.4, -0.2) is 52.4 Å². The highest BCUT2D eigenvalue weighted by atomic mass is 127. The van der Waals surface area contributed by atoms with Gasteiger partial charge in [-0.2, -0.15) is 0 Å². The van der Waals surface area contributed by atoms with Crippen LogP contribution in [-0.2, 0) is 9.47 Å². The van der Waals surface area contributed by atoms with Crippen molar-refractivity contribution >= 4 is 34.8 Å². The van der Waals surface area contributed by atoms with E-state index in [9.17, 15) is 9.59 Å². The Labute approximate surface area is 232 Å². The van der Waals surface area contributed by atoms with E-state index in [0.29, 0.717) is 0 Å². The van der Waals surface area contributed by atoms with Crippen LogP contribution in [0.4, 0.5) is 9.59 Å². The van der Waals surface area contributed by atoms with Crippen molar-refractivity contribution in [2.45, 2.75) is 146 Å². The number of carbonyl (C=O) groups excluding carboxylic acids is 2. The Kier molecular flexibility index (Phi) is 18.7. The summed E-state index contributed by atoms with van der Waals surface area (Å²) < 4.78 is 10.6. The van der Waals surface area contributed by atoms with E-state index in [2.05, 4.69) is 83.3 Å². The molecule has 0 spiro atoms. The second-order valence-electron chi connectivity index (χ2n) is 13.4. The Morgan fingerprint density at radius 2 is 1.14 bits per heavy atom. The van der Waals surface area contributed by atoms with Crippen LogP contribution < -0.4 is 5.32 Å². The highest BCUT2D eigenvalue weighted by molar-refractivity contribution is 14.1. The predicted molar refractivity (Wildman–Crippen MR) is 160 cm³/mol. The van der Waals surface area contributed by atoms with Gasteiger partial charge in [0.15, 0.2) is 0 Å². The van der Waals surface area contributed by atoms with Crippen LogP contribution in [0.2, 0.25) is 0 Å². The molecule has 0 aromatic carbocycles. The molecule has 0 aliphatic heterocycles. The van der Waals surface area contributed by atoms with Crippen LogP contribution in [0.5, 0.6) is 0 Å². The summed E-state index contributed by atoms with van der Waals surface area (Å²) in [7, 11) is 1.83. The summed E-state index contributed by atoms with van der Waals surface area (Å²) in [4.78, 5) is 27.2. The molecule has 6 nitrogen and oxygen atoms in total. The number of hydrogen-bond donors (Lipinski definition) is 1. The number of carbonyl (C=O) groups is 2. The average Bonchev–Trinajstić information content (AvgIpc) is 2.62. The number of amides is 2. The Bertz CT molecular complexity index is 582. The van der Waals surface area contributed by atoms with Gasteiger partial charge < -0.3 is 19.7 Å². The van der Waals surface area contributed by atoms with Crippen molar-refractivity contribution in [2.24, 2.45) is 10.8 Å². The van der Waals surface area contributed by atoms with Crippen molar-refractivity contribution < 1.29 is 19.1 Å². The maximum Gasteiger partial charge on any atom is 0.410 e. The number of rotatable bonds is 6. The van der Waals surface area contributed by atoms with Crippen LogP contribution in [0.25, 0.3) is 0 Å². The fraction of sp³-hybridized carbons (Fsp3) is 0.929. The Hall–Kier alpha value is -0.730. The smallest absolute Gasteiger partial charge is 0.410 e. The third kappa shape index (κ3) is 26.2. The second kappa shape index (κ2) is 16.9. The van der Waals surface area contributed by atoms with Gasteiger partial charge in [-0.15, -0.1) is 0 Å². The van der Waals surface area contributed by atoms with E-state index in [1.807, 2.05) is 53.5 Å². The first-order valence-corrected chi connectivity index (χ1v) is 15.0. The minimum atomic E-state index is -0.426. The van der Waals surface area contributed by atoms with Crippen LogP contribution >= 0.6 is 22.6 Å². The van der Waals surface area contributed by atoms with Crippen molar-refractivity contribution in [3.8, 4) is 0 Å². The van der Waals surface area contributed by atoms with Gasteiger partial charge in [-0.25, -0.2) is 9.59 Å². The maximum absolute atomic E-state index is 11.9. The lowest BCUT2D eigenvalue weighted by molar-refractivity contribution is 0.0182. The first-order chi connectivity index (χ1) is 15.5. The highest BCUT2D eigenvalue weighted by Gasteiger charge is 2.27. The van der Waals surface area contributed by atoms with Crippen molar-refractivity contribution in [1.82, 2.24) is 10.2 Å². The molecule has 0 rings (SSSR count). The summed E-state index contributed by atoms with van der Waals surface area (Å²) in [6.07, 6.45) is 3.28. The van der Waals surface area contributed by atoms with Gasteiger partial charge in [-0.3, -0.25) is 0 Å². The molecule has 212 valence electrons. The molecule has 7 heteroatoms. The van der Waals surface area contributed by atoms with Gasteiger partial charge >= 0.3 is 12.2 Å². The molecule has 0 aromatic heterocycles. The lowest BCUT2D eigenvalue weighted by Crippen LogP contribution is -2.42. The molecule has 0 saturated heterocycles. The number of alkyl carbamates (subject to hydrolysis) is 1. The van der Waals surface area contributed by atoms with Crippen LogP contribution in [0.3, 0.4) is 0 Å². The highest BCUT2D eigenvalue weighted by Crippen LogP contribution is 2.25. The molecule has 0 aliphatic carbocycles. The van der Waals surface area contributed by atoms with E-state index in [1.165, 1.54) is 0 Å². The SMILES string of the molecule is CC[C@H](CC(C)(C)C)N(C)C(=O)OC(C)(C)C.CC[C@H](CC(C)(C)C)NC(=O)OC(C)(C)C.CI. The van der Waals surface area contributed by atoms with Crippen molar-refractivity contribution in [3.63, 3.8) is 0 Å². The fourth-order valence-electron chi connectivity index (χ4n) is 3.26. The summed E-state index contributed by atoms with van der Waals surface area (Å²) in [5, 5.41) is 2.92. The molecule has 1 N–H and O–H groups in total. The molecular weight excluding hydrogens is 555 g/mol. The van der Waals surface area contributed by atoms with E-state index in [-0.39, 0.29) is 35.1 Å². The zero-order valence-corrected chi connectivity index (χ0v) is 28.1. The van der Waals surface area contributed by atoms with Gasteiger partial charge in [0.05, 0.1) is 0 Å². The van der Waals surface area contributed by atoms with E-state index in [0.717, 1.165) is 25.7 Å². The first kappa shape index (κ1) is 38.8. The molecule has 2 amide bonds. The summed E-state index contributed by atoms with van der Waals surface area (Å²) >= 11 is 2.15. The number of nitrogens with zero attached hydrogens (tertiary/aromatic N) is 1. The molecule has 35 heavy (non-hydrogen) atoms. The average molecular weight is 615 g/mol. The summed E-state index contributed by atoms with van der Waals surface area (Å²) in [5.41, 5.74) is -0.415. The van der Waals surface area contributed by atoms with E-state index in [1.54, 1.807) is 4.90 Å². The lowest BCUT2D eigenvalue weighted by Gasteiger charge is -2.33. The van der Waals surface area contributed by atoms with Crippen LogP contribution in [0, 0.1) is 10.8 Å². The summed E-state index contributed by atoms with van der Waals surface area (Å²) in [5.74, 6) is 0. The van der Waals surface area contributed by atoms with Crippen LogP contribution in [0.1, 0.15) is 123 Å². The first-order valence-electron chi connectivity index (χ1n) is 12.8. The predicted octanol–water partition coefficient (Wildman–Crippen LogP) is 8.85. The number of hydrogen-bond acceptors (Lipinski definition) is 4. The Morgan fingerprint density at radius 3 is 1.43 bits per heavy atom. The zero-order valence-electron chi connectivity index (χ0n) is 25.9. The minimum absolute atomic E-state index is 0.190. The van der Waals surface area contributed by atoms with E-state index < -0.39 is 11.2 Å². The molecule has 0 radical (unpaired) electrons. The van der Waals surface area contributed by atoms with Gasteiger partial charge in [-0.05, 0) is 83.0 Å². The summed E-state index contributed by atoms with van der Waals surface area (Å²) in [6.45, 7) is 28.6. The third-order valence-electron chi connectivity index (χ3n) is 4.62. The largest absolute Gasteiger partial charge is 0.444 e. The molecular formula is C28H59IN2O4. The van der Waals surface area contributed by atoms with E-state index in [4.69, 9.17) is 9.47 Å². The number of alkyl halides is 1. The number of halogens is 1. The van der Waals surface area contributed by atoms with Crippen molar-refractivity contribution in [3.05, 3.63) is 0 Å². The van der Waals surface area contributed by atoms with Crippen LogP contribution in [0.15, 0.2) is 0 Å². The molecule has 0 saturated carbocycles. The Morgan fingerprint density at radius 1 is 0.743 bits per heavy atom. The van der Waals surface area contributed by atoms with Gasteiger partial charge in [0, 0.05) is 19.1 Å². The monoisotopic (exact) mass is 614 g/mol. The number of nitrogens with one attached hydrogen (secondary N) is 1. The standard InChI is InChI=1S/C14H29NO2.C13H27NO2.CH3I/c1-9-11(10-13(2,3)4)15(8)12(16)17-14(5,6)7;1-8-10(9-12(2,3)4)14-11(15)16-13(5,6)7;1-2/h11H,9-10H2,1-8H3;10H,8-9H2,1-7H3,(H,14,15);1H3/t11-;10-;/m11./s1. The topological polar surface area (TPSA) is 67.9 Å². The third-order valence-corrected chi connectivity index (χ3v) is 4.62. The second-order valence-corrected chi connectivity index (χ2v) is 13.4. The van der Waals surface area contributed by atoms with Gasteiger partial charge in [-0.1, -0.05) is 78.0 Å². The van der Waals surface area contributed by atoms with Crippen molar-refractivity contribution in [2.75, 3.05) is 12.0 Å². The van der Waals surface area contributed by atoms with Gasteiger partial charge in [0.25, 0.3) is 0 Å². The maximum atomic E-state index is 11.9. The molecule has 0 bridgehead atoms. The fourth-order valence-corrected chi connectivity index (χ4v) is 3.26.